The summed E-state index contributed by atoms with van der Waals surface area (Å²) in [7, 11) is 0. The van der Waals surface area contributed by atoms with Crippen LogP contribution in [0.25, 0.3) is 0 Å². The van der Waals surface area contributed by atoms with Gasteiger partial charge < -0.3 is 5.73 Å². The Bertz CT molecular complexity index is 299. The van der Waals surface area contributed by atoms with Crippen molar-refractivity contribution in [2.45, 2.75) is 13.0 Å². The highest BCUT2D eigenvalue weighted by Crippen LogP contribution is 2.15. The predicted octanol–water partition coefficient (Wildman–Crippen LogP) is 2.74. The first-order valence-corrected chi connectivity index (χ1v) is 3.79. The van der Waals surface area contributed by atoms with Gasteiger partial charge in [0.2, 0.25) is 0 Å². The summed E-state index contributed by atoms with van der Waals surface area (Å²) < 4.78 is 12.8. The first-order chi connectivity index (χ1) is 5.65. The SMILES string of the molecule is C=C[C@H](N)c1ccc(F)c(C)c1.Cl. The number of halogens is 2. The van der Waals surface area contributed by atoms with Gasteiger partial charge in [0.25, 0.3) is 0 Å². The Morgan fingerprint density at radius 1 is 1.54 bits per heavy atom. The third-order valence-electron chi connectivity index (χ3n) is 1.82. The predicted molar refractivity (Wildman–Crippen MR) is 55.5 cm³/mol. The van der Waals surface area contributed by atoms with E-state index in [4.69, 9.17) is 5.73 Å². The molecule has 0 spiro atoms. The van der Waals surface area contributed by atoms with Crippen LogP contribution in [0, 0.1) is 12.7 Å². The van der Waals surface area contributed by atoms with Gasteiger partial charge in [-0.3, -0.25) is 0 Å². The highest BCUT2D eigenvalue weighted by Gasteiger charge is 2.03. The molecule has 0 heterocycles. The molecule has 13 heavy (non-hydrogen) atoms. The summed E-state index contributed by atoms with van der Waals surface area (Å²) in [5.74, 6) is -0.199. The fourth-order valence-electron chi connectivity index (χ4n) is 1.01. The van der Waals surface area contributed by atoms with Crippen LogP contribution in [0.1, 0.15) is 17.2 Å². The van der Waals surface area contributed by atoms with Gasteiger partial charge in [-0.25, -0.2) is 4.39 Å². The molecule has 2 N–H and O–H groups in total. The molecule has 1 aromatic rings. The minimum Gasteiger partial charge on any atom is -0.321 e. The first kappa shape index (κ1) is 12.1. The molecule has 72 valence electrons. The summed E-state index contributed by atoms with van der Waals surface area (Å²) in [6.07, 6.45) is 1.63. The Labute approximate surface area is 83.9 Å². The minimum absolute atomic E-state index is 0. The molecule has 1 rings (SSSR count). The van der Waals surface area contributed by atoms with Crippen molar-refractivity contribution in [2.24, 2.45) is 5.73 Å². The first-order valence-electron chi connectivity index (χ1n) is 3.79. The van der Waals surface area contributed by atoms with E-state index in [-0.39, 0.29) is 24.3 Å². The van der Waals surface area contributed by atoms with Gasteiger partial charge in [0.05, 0.1) is 0 Å². The van der Waals surface area contributed by atoms with Crippen LogP contribution in [0.3, 0.4) is 0 Å². The summed E-state index contributed by atoms with van der Waals surface area (Å²) in [5, 5.41) is 0. The largest absolute Gasteiger partial charge is 0.321 e. The van der Waals surface area contributed by atoms with E-state index < -0.39 is 0 Å². The Morgan fingerprint density at radius 3 is 2.62 bits per heavy atom. The fraction of sp³-hybridized carbons (Fsp3) is 0.200. The van der Waals surface area contributed by atoms with Crippen molar-refractivity contribution in [3.63, 3.8) is 0 Å². The molecule has 0 aliphatic heterocycles. The molecule has 0 amide bonds. The zero-order valence-corrected chi connectivity index (χ0v) is 8.27. The zero-order chi connectivity index (χ0) is 9.14. The van der Waals surface area contributed by atoms with Gasteiger partial charge in [0, 0.05) is 6.04 Å². The summed E-state index contributed by atoms with van der Waals surface area (Å²) in [6.45, 7) is 5.29. The average Bonchev–Trinajstić information content (AvgIpc) is 2.08. The second kappa shape index (κ2) is 5.00. The lowest BCUT2D eigenvalue weighted by atomic mass is 10.1. The quantitative estimate of drug-likeness (QED) is 0.732. The number of rotatable bonds is 2. The zero-order valence-electron chi connectivity index (χ0n) is 7.46. The maximum absolute atomic E-state index is 12.8. The third-order valence-corrected chi connectivity index (χ3v) is 1.82. The number of benzene rings is 1. The molecule has 0 aliphatic rings. The highest BCUT2D eigenvalue weighted by atomic mass is 35.5. The van der Waals surface area contributed by atoms with Crippen LogP contribution >= 0.6 is 12.4 Å². The lowest BCUT2D eigenvalue weighted by Crippen LogP contribution is -2.06. The maximum atomic E-state index is 12.8. The van der Waals surface area contributed by atoms with Gasteiger partial charge in [-0.1, -0.05) is 18.2 Å². The normalized spacial score (nSPS) is 11.6. The summed E-state index contributed by atoms with van der Waals surface area (Å²) in [4.78, 5) is 0. The molecule has 0 aliphatic carbocycles. The molecule has 3 heteroatoms. The molecule has 0 fully saturated rings. The van der Waals surface area contributed by atoms with E-state index in [1.165, 1.54) is 6.07 Å². The standard InChI is InChI=1S/C10H12FN.ClH/c1-3-10(12)8-4-5-9(11)7(2)6-8;/h3-6,10H,1,12H2,2H3;1H/t10-;/m0./s1. The van der Waals surface area contributed by atoms with Crippen molar-refractivity contribution in [2.75, 3.05) is 0 Å². The molecular weight excluding hydrogens is 189 g/mol. The average molecular weight is 202 g/mol. The van der Waals surface area contributed by atoms with Crippen LogP contribution in [0.2, 0.25) is 0 Å². The van der Waals surface area contributed by atoms with Crippen LogP contribution in [-0.4, -0.2) is 0 Å². The van der Waals surface area contributed by atoms with Crippen LogP contribution < -0.4 is 5.73 Å². The molecule has 0 saturated heterocycles. The summed E-state index contributed by atoms with van der Waals surface area (Å²) >= 11 is 0. The van der Waals surface area contributed by atoms with Gasteiger partial charge in [0.15, 0.2) is 0 Å². The van der Waals surface area contributed by atoms with E-state index in [2.05, 4.69) is 6.58 Å². The lowest BCUT2D eigenvalue weighted by molar-refractivity contribution is 0.617. The van der Waals surface area contributed by atoms with Crippen LogP contribution in [0.4, 0.5) is 4.39 Å². The van der Waals surface area contributed by atoms with Gasteiger partial charge in [-0.2, -0.15) is 0 Å². The fourth-order valence-corrected chi connectivity index (χ4v) is 1.01. The number of nitrogens with two attached hydrogens (primary N) is 1. The van der Waals surface area contributed by atoms with Gasteiger partial charge >= 0.3 is 0 Å². The molecule has 1 nitrogen and oxygen atoms in total. The topological polar surface area (TPSA) is 26.0 Å². The van der Waals surface area contributed by atoms with Crippen molar-refractivity contribution in [3.05, 3.63) is 47.8 Å². The molecule has 0 saturated carbocycles. The molecule has 0 unspecified atom stereocenters. The van der Waals surface area contributed by atoms with Crippen LogP contribution in [-0.2, 0) is 0 Å². The maximum Gasteiger partial charge on any atom is 0.126 e. The van der Waals surface area contributed by atoms with Gasteiger partial charge in [-0.15, -0.1) is 19.0 Å². The van der Waals surface area contributed by atoms with E-state index in [0.29, 0.717) is 5.56 Å². The van der Waals surface area contributed by atoms with Crippen LogP contribution in [0.15, 0.2) is 30.9 Å². The van der Waals surface area contributed by atoms with E-state index >= 15 is 0 Å². The number of hydrogen-bond donors (Lipinski definition) is 1. The van der Waals surface area contributed by atoms with Gasteiger partial charge in [0.1, 0.15) is 5.82 Å². The monoisotopic (exact) mass is 201 g/mol. The van der Waals surface area contributed by atoms with Crippen molar-refractivity contribution in [1.29, 1.82) is 0 Å². The smallest absolute Gasteiger partial charge is 0.126 e. The van der Waals surface area contributed by atoms with E-state index in [1.807, 2.05) is 0 Å². The second-order valence-electron chi connectivity index (χ2n) is 2.77. The molecule has 1 atom stereocenters. The molecular formula is C10H13ClFN. The van der Waals surface area contributed by atoms with E-state index in [9.17, 15) is 4.39 Å². The Kier molecular flexibility index (Phi) is 4.67. The lowest BCUT2D eigenvalue weighted by Gasteiger charge is -2.07. The van der Waals surface area contributed by atoms with Crippen LogP contribution in [0.5, 0.6) is 0 Å². The number of aryl methyl sites for hydroxylation is 1. The van der Waals surface area contributed by atoms with Gasteiger partial charge in [-0.05, 0) is 24.1 Å². The Morgan fingerprint density at radius 2 is 2.15 bits per heavy atom. The van der Waals surface area contributed by atoms with Crippen molar-refractivity contribution >= 4 is 12.4 Å². The Hall–Kier alpha value is -0.860. The molecule has 0 aromatic heterocycles. The summed E-state index contributed by atoms with van der Waals surface area (Å²) in [5.41, 5.74) is 7.18. The number of hydrogen-bond acceptors (Lipinski definition) is 1. The van der Waals surface area contributed by atoms with Crippen molar-refractivity contribution in [3.8, 4) is 0 Å². The van der Waals surface area contributed by atoms with E-state index in [1.54, 1.807) is 25.1 Å². The minimum atomic E-state index is -0.204. The highest BCUT2D eigenvalue weighted by molar-refractivity contribution is 5.85. The molecule has 1 aromatic carbocycles. The second-order valence-corrected chi connectivity index (χ2v) is 2.77. The van der Waals surface area contributed by atoms with Crippen molar-refractivity contribution in [1.82, 2.24) is 0 Å². The van der Waals surface area contributed by atoms with E-state index in [0.717, 1.165) is 5.56 Å². The molecule has 0 bridgehead atoms. The molecule has 0 radical (unpaired) electrons. The summed E-state index contributed by atoms with van der Waals surface area (Å²) in [6, 6.07) is 4.63. The third kappa shape index (κ3) is 2.83. The Balaban J connectivity index is 0.00000144. The van der Waals surface area contributed by atoms with Crippen molar-refractivity contribution < 1.29 is 4.39 Å².